The van der Waals surface area contributed by atoms with Gasteiger partial charge < -0.3 is 10.1 Å². The van der Waals surface area contributed by atoms with Crippen molar-refractivity contribution in [3.63, 3.8) is 0 Å². The Bertz CT molecular complexity index is 1120. The van der Waals surface area contributed by atoms with Crippen molar-refractivity contribution in [1.29, 1.82) is 0 Å². The maximum atomic E-state index is 13.5. The fourth-order valence-electron chi connectivity index (χ4n) is 2.97. The molecule has 0 saturated heterocycles. The predicted molar refractivity (Wildman–Crippen MR) is 119 cm³/mol. The van der Waals surface area contributed by atoms with Gasteiger partial charge in [0, 0.05) is 18.9 Å². The highest BCUT2D eigenvalue weighted by Gasteiger charge is 2.29. The first-order chi connectivity index (χ1) is 14.9. The number of nitrogens with zero attached hydrogens (tertiary/aromatic N) is 2. The quantitative estimate of drug-likeness (QED) is 0.553. The second-order valence-electron chi connectivity index (χ2n) is 6.86. The number of nitrogens with one attached hydrogen (secondary N) is 1. The third-order valence-electron chi connectivity index (χ3n) is 4.57. The molecule has 1 amide bonds. The molecule has 1 heterocycles. The van der Waals surface area contributed by atoms with Crippen LogP contribution in [0, 0.1) is 6.92 Å². The first-order valence-corrected chi connectivity index (χ1v) is 11.3. The van der Waals surface area contributed by atoms with Crippen LogP contribution < -0.4 is 14.4 Å². The molecule has 0 aliphatic carbocycles. The van der Waals surface area contributed by atoms with Crippen LogP contribution >= 0.6 is 0 Å². The maximum absolute atomic E-state index is 13.5. The maximum Gasteiger partial charge on any atom is 0.264 e. The van der Waals surface area contributed by atoms with Crippen molar-refractivity contribution in [2.24, 2.45) is 0 Å². The van der Waals surface area contributed by atoms with E-state index in [-0.39, 0.29) is 18.0 Å². The van der Waals surface area contributed by atoms with Gasteiger partial charge in [-0.2, -0.15) is 0 Å². The van der Waals surface area contributed by atoms with Gasteiger partial charge in [0.05, 0.1) is 17.2 Å². The minimum absolute atomic E-state index is 0.103. The molecule has 162 valence electrons. The van der Waals surface area contributed by atoms with Crippen molar-refractivity contribution in [3.8, 4) is 5.75 Å². The van der Waals surface area contributed by atoms with Crippen LogP contribution in [0.3, 0.4) is 0 Å². The molecule has 0 atom stereocenters. The molecular formula is C23H25N3O4S. The smallest absolute Gasteiger partial charge is 0.264 e. The van der Waals surface area contributed by atoms with E-state index in [4.69, 9.17) is 4.74 Å². The number of pyridine rings is 1. The third-order valence-corrected chi connectivity index (χ3v) is 6.34. The van der Waals surface area contributed by atoms with Crippen LogP contribution in [0.4, 0.5) is 5.69 Å². The average molecular weight is 440 g/mol. The zero-order valence-electron chi connectivity index (χ0n) is 17.5. The molecule has 1 aromatic heterocycles. The van der Waals surface area contributed by atoms with Crippen LogP contribution in [0.15, 0.2) is 78.0 Å². The Morgan fingerprint density at radius 1 is 1.03 bits per heavy atom. The van der Waals surface area contributed by atoms with Gasteiger partial charge in [-0.3, -0.25) is 14.1 Å². The summed E-state index contributed by atoms with van der Waals surface area (Å²) < 4.78 is 33.7. The van der Waals surface area contributed by atoms with Crippen LogP contribution in [-0.2, 0) is 21.4 Å². The van der Waals surface area contributed by atoms with Gasteiger partial charge in [-0.25, -0.2) is 8.42 Å². The molecule has 0 fully saturated rings. The second kappa shape index (κ2) is 10.1. The lowest BCUT2D eigenvalue weighted by molar-refractivity contribution is -0.119. The monoisotopic (exact) mass is 439 g/mol. The number of hydrogen-bond donors (Lipinski definition) is 1. The fraction of sp³-hybridized carbons (Fsp3) is 0.217. The molecule has 1 N–H and O–H groups in total. The average Bonchev–Trinajstić information content (AvgIpc) is 2.78. The largest absolute Gasteiger partial charge is 0.492 e. The second-order valence-corrected chi connectivity index (χ2v) is 8.72. The zero-order valence-corrected chi connectivity index (χ0v) is 18.3. The summed E-state index contributed by atoms with van der Waals surface area (Å²) in [5.74, 6) is -0.0404. The van der Waals surface area contributed by atoms with Crippen molar-refractivity contribution in [2.45, 2.75) is 25.3 Å². The standard InChI is InChI=1S/C23H25N3O4S/c1-3-30-22-7-5-4-6-21(22)26(31(28,29)20-10-8-18(2)9-11-20)17-23(27)25-16-19-12-14-24-15-13-19/h4-15H,3,16-17H2,1-2H3,(H,25,27). The Balaban J connectivity index is 1.93. The number of para-hydroxylation sites is 2. The highest BCUT2D eigenvalue weighted by atomic mass is 32.2. The molecule has 3 aromatic rings. The number of carbonyl (C=O) groups is 1. The number of sulfonamides is 1. The van der Waals surface area contributed by atoms with Gasteiger partial charge in [-0.05, 0) is 55.8 Å². The first-order valence-electron chi connectivity index (χ1n) is 9.88. The molecule has 0 aliphatic heterocycles. The molecule has 7 nitrogen and oxygen atoms in total. The summed E-state index contributed by atoms with van der Waals surface area (Å²) in [7, 11) is -4.01. The normalized spacial score (nSPS) is 11.0. The van der Waals surface area contributed by atoms with E-state index in [2.05, 4.69) is 10.3 Å². The number of amides is 1. The molecule has 0 radical (unpaired) electrons. The lowest BCUT2D eigenvalue weighted by Crippen LogP contribution is -2.40. The number of anilines is 1. The van der Waals surface area contributed by atoms with Crippen LogP contribution in [-0.4, -0.2) is 32.5 Å². The van der Waals surface area contributed by atoms with E-state index in [1.54, 1.807) is 60.9 Å². The van der Waals surface area contributed by atoms with Crippen molar-refractivity contribution in [1.82, 2.24) is 10.3 Å². The molecule has 3 rings (SSSR count). The molecule has 0 bridgehead atoms. The van der Waals surface area contributed by atoms with Gasteiger partial charge in [0.1, 0.15) is 12.3 Å². The number of aromatic nitrogens is 1. The van der Waals surface area contributed by atoms with Crippen molar-refractivity contribution >= 4 is 21.6 Å². The number of carbonyl (C=O) groups excluding carboxylic acids is 1. The summed E-state index contributed by atoms with van der Waals surface area (Å²) in [5, 5.41) is 2.77. The topological polar surface area (TPSA) is 88.6 Å². The van der Waals surface area contributed by atoms with E-state index in [0.717, 1.165) is 15.4 Å². The molecule has 8 heteroatoms. The van der Waals surface area contributed by atoms with E-state index >= 15 is 0 Å². The Kier molecular flexibility index (Phi) is 7.25. The van der Waals surface area contributed by atoms with E-state index in [1.807, 2.05) is 13.8 Å². The third kappa shape index (κ3) is 5.61. The Labute approximate surface area is 182 Å². The summed E-state index contributed by atoms with van der Waals surface area (Å²) >= 11 is 0. The van der Waals surface area contributed by atoms with E-state index in [0.29, 0.717) is 18.0 Å². The van der Waals surface area contributed by atoms with Crippen LogP contribution in [0.1, 0.15) is 18.1 Å². The summed E-state index contributed by atoms with van der Waals surface area (Å²) in [5.41, 5.74) is 2.12. The lowest BCUT2D eigenvalue weighted by atomic mass is 10.2. The van der Waals surface area contributed by atoms with E-state index in [9.17, 15) is 13.2 Å². The summed E-state index contributed by atoms with van der Waals surface area (Å²) in [4.78, 5) is 16.8. The number of hydrogen-bond acceptors (Lipinski definition) is 5. The molecule has 0 aliphatic rings. The zero-order chi connectivity index (χ0) is 22.3. The first kappa shape index (κ1) is 22.3. The lowest BCUT2D eigenvalue weighted by Gasteiger charge is -2.26. The molecular weight excluding hydrogens is 414 g/mol. The molecule has 0 unspecified atom stereocenters. The SMILES string of the molecule is CCOc1ccccc1N(CC(=O)NCc1ccncc1)S(=O)(=O)c1ccc(C)cc1. The van der Waals surface area contributed by atoms with E-state index in [1.165, 1.54) is 12.1 Å². The summed E-state index contributed by atoms with van der Waals surface area (Å²) in [6, 6.07) is 16.9. The number of aryl methyl sites for hydroxylation is 1. The van der Waals surface area contributed by atoms with Gasteiger partial charge in [0.15, 0.2) is 0 Å². The number of benzene rings is 2. The van der Waals surface area contributed by atoms with Gasteiger partial charge in [0.25, 0.3) is 10.0 Å². The summed E-state index contributed by atoms with van der Waals surface area (Å²) in [6.07, 6.45) is 3.27. The minimum Gasteiger partial charge on any atom is -0.492 e. The molecule has 31 heavy (non-hydrogen) atoms. The Hall–Kier alpha value is -3.39. The van der Waals surface area contributed by atoms with Gasteiger partial charge in [-0.1, -0.05) is 29.8 Å². The predicted octanol–water partition coefficient (Wildman–Crippen LogP) is 3.30. The van der Waals surface area contributed by atoms with Crippen molar-refractivity contribution in [3.05, 3.63) is 84.2 Å². The van der Waals surface area contributed by atoms with Crippen LogP contribution in [0.5, 0.6) is 5.75 Å². The Morgan fingerprint density at radius 2 is 1.71 bits per heavy atom. The highest BCUT2D eigenvalue weighted by molar-refractivity contribution is 7.92. The van der Waals surface area contributed by atoms with Gasteiger partial charge >= 0.3 is 0 Å². The fourth-order valence-corrected chi connectivity index (χ4v) is 4.40. The highest BCUT2D eigenvalue weighted by Crippen LogP contribution is 2.32. The van der Waals surface area contributed by atoms with Crippen molar-refractivity contribution < 1.29 is 17.9 Å². The van der Waals surface area contributed by atoms with Crippen LogP contribution in [0.2, 0.25) is 0 Å². The number of rotatable bonds is 9. The summed E-state index contributed by atoms with van der Waals surface area (Å²) in [6.45, 7) is 3.95. The van der Waals surface area contributed by atoms with Gasteiger partial charge in [0.2, 0.25) is 5.91 Å². The minimum atomic E-state index is -4.01. The van der Waals surface area contributed by atoms with Crippen molar-refractivity contribution in [2.75, 3.05) is 17.5 Å². The molecule has 2 aromatic carbocycles. The Morgan fingerprint density at radius 3 is 2.39 bits per heavy atom. The van der Waals surface area contributed by atoms with Crippen LogP contribution in [0.25, 0.3) is 0 Å². The molecule has 0 saturated carbocycles. The number of ether oxygens (including phenoxy) is 1. The van der Waals surface area contributed by atoms with E-state index < -0.39 is 15.9 Å². The van der Waals surface area contributed by atoms with Gasteiger partial charge in [-0.15, -0.1) is 0 Å². The molecule has 0 spiro atoms.